The first-order valence-corrected chi connectivity index (χ1v) is 8.30. The average Bonchev–Trinajstić information content (AvgIpc) is 3.14. The van der Waals surface area contributed by atoms with E-state index in [-0.39, 0.29) is 17.6 Å². The number of fused-ring (bicyclic) bond motifs is 1. The number of hydrogen-bond acceptors (Lipinski definition) is 7. The molecule has 1 saturated heterocycles. The largest absolute Gasteiger partial charge is 0.454 e. The van der Waals surface area contributed by atoms with Gasteiger partial charge < -0.3 is 14.6 Å². The number of hydrogen-bond donors (Lipinski definition) is 1. The lowest BCUT2D eigenvalue weighted by atomic mass is 9.85. The molecule has 0 saturated carbocycles. The third kappa shape index (κ3) is 3.37. The van der Waals surface area contributed by atoms with E-state index in [1.165, 1.54) is 13.0 Å². The molecule has 0 bridgehead atoms. The number of likely N-dealkylation sites (tertiary alicyclic amines) is 1. The van der Waals surface area contributed by atoms with E-state index in [4.69, 9.17) is 9.26 Å². The Balaban J connectivity index is 1.55. The maximum Gasteiger partial charge on any atom is 0.329 e. The molecular weight excluding hydrogens is 342 g/mol. The van der Waals surface area contributed by atoms with Gasteiger partial charge in [-0.25, -0.2) is 4.79 Å². The van der Waals surface area contributed by atoms with E-state index >= 15 is 0 Å². The van der Waals surface area contributed by atoms with Crippen LogP contribution < -0.4 is 5.32 Å². The molecule has 1 aliphatic heterocycles. The van der Waals surface area contributed by atoms with Crippen molar-refractivity contribution in [3.8, 4) is 0 Å². The number of aromatic nitrogens is 1. The molecule has 1 N–H and O–H groups in total. The number of rotatable bonds is 5. The van der Waals surface area contributed by atoms with Crippen molar-refractivity contribution < 1.29 is 28.4 Å². The summed E-state index contributed by atoms with van der Waals surface area (Å²) in [6, 6.07) is 0.433. The smallest absolute Gasteiger partial charge is 0.329 e. The van der Waals surface area contributed by atoms with Crippen LogP contribution in [-0.4, -0.2) is 46.4 Å². The Morgan fingerprint density at radius 1 is 1.31 bits per heavy atom. The van der Waals surface area contributed by atoms with Crippen LogP contribution in [0.15, 0.2) is 22.7 Å². The molecule has 3 atom stereocenters. The predicted molar refractivity (Wildman–Crippen MR) is 87.5 cm³/mol. The van der Waals surface area contributed by atoms with Gasteiger partial charge in [-0.15, -0.1) is 0 Å². The van der Waals surface area contributed by atoms with Crippen molar-refractivity contribution in [3.63, 3.8) is 0 Å². The number of nitrogens with one attached hydrogen (secondary N) is 1. The van der Waals surface area contributed by atoms with Crippen molar-refractivity contribution in [2.75, 3.05) is 11.9 Å². The zero-order valence-electron chi connectivity index (χ0n) is 14.4. The normalized spacial score (nSPS) is 22.9. The van der Waals surface area contributed by atoms with E-state index in [0.29, 0.717) is 18.6 Å². The van der Waals surface area contributed by atoms with Gasteiger partial charge in [0.25, 0.3) is 5.91 Å². The number of imide groups is 1. The van der Waals surface area contributed by atoms with Gasteiger partial charge in [0.15, 0.2) is 12.4 Å². The molecule has 9 heteroatoms. The number of carbonyl (C=O) groups is 4. The fraction of sp³-hybridized carbons (Fsp3) is 0.471. The van der Waals surface area contributed by atoms with Crippen molar-refractivity contribution in [2.24, 2.45) is 11.8 Å². The van der Waals surface area contributed by atoms with E-state index in [2.05, 4.69) is 10.5 Å². The fourth-order valence-electron chi connectivity index (χ4n) is 3.17. The van der Waals surface area contributed by atoms with Crippen LogP contribution >= 0.6 is 0 Å². The molecular formula is C17H19N3O6. The second-order valence-corrected chi connectivity index (χ2v) is 6.36. The summed E-state index contributed by atoms with van der Waals surface area (Å²) < 4.78 is 9.74. The SMILES string of the molecule is Cc1cc(NC(=O)COC(=O)[C@H](C)N2C(=O)[C@@H]3CC=CC[C@H]3C2=O)no1. The van der Waals surface area contributed by atoms with Crippen LogP contribution in [-0.2, 0) is 23.9 Å². The number of ether oxygens (including phenoxy) is 1. The van der Waals surface area contributed by atoms with Crippen LogP contribution in [0.2, 0.25) is 0 Å². The molecule has 0 aromatic carbocycles. The molecule has 2 aliphatic rings. The van der Waals surface area contributed by atoms with Crippen LogP contribution in [0.25, 0.3) is 0 Å². The van der Waals surface area contributed by atoms with E-state index in [1.807, 2.05) is 12.2 Å². The Labute approximate surface area is 149 Å². The standard InChI is InChI=1S/C17H19N3O6/c1-9-7-13(19-26-9)18-14(21)8-25-17(24)10(2)20-15(22)11-5-3-4-6-12(11)16(20)23/h3-4,7,10-12H,5-6,8H2,1-2H3,(H,18,19,21)/t10-,11+,12+/m0/s1. The highest BCUT2D eigenvalue weighted by molar-refractivity contribution is 6.08. The van der Waals surface area contributed by atoms with E-state index < -0.39 is 36.4 Å². The van der Waals surface area contributed by atoms with Gasteiger partial charge in [0, 0.05) is 6.07 Å². The number of carbonyl (C=O) groups excluding carboxylic acids is 4. The summed E-state index contributed by atoms with van der Waals surface area (Å²) in [4.78, 5) is 49.8. The first-order chi connectivity index (χ1) is 12.4. The van der Waals surface area contributed by atoms with Gasteiger partial charge in [0.2, 0.25) is 11.8 Å². The summed E-state index contributed by atoms with van der Waals surface area (Å²) >= 11 is 0. The Morgan fingerprint density at radius 3 is 2.46 bits per heavy atom. The molecule has 0 spiro atoms. The van der Waals surface area contributed by atoms with E-state index in [9.17, 15) is 19.2 Å². The number of allylic oxidation sites excluding steroid dienone is 2. The van der Waals surface area contributed by atoms with Gasteiger partial charge in [-0.3, -0.25) is 19.3 Å². The van der Waals surface area contributed by atoms with Gasteiger partial charge in [0.05, 0.1) is 11.8 Å². The second-order valence-electron chi connectivity index (χ2n) is 6.36. The van der Waals surface area contributed by atoms with Gasteiger partial charge >= 0.3 is 5.97 Å². The highest BCUT2D eigenvalue weighted by Gasteiger charge is 2.50. The molecule has 1 aromatic heterocycles. The van der Waals surface area contributed by atoms with Crippen LogP contribution in [0.3, 0.4) is 0 Å². The lowest BCUT2D eigenvalue weighted by molar-refractivity contribution is -0.159. The number of nitrogens with zero attached hydrogens (tertiary/aromatic N) is 2. The van der Waals surface area contributed by atoms with E-state index in [1.54, 1.807) is 6.92 Å². The minimum absolute atomic E-state index is 0.207. The summed E-state index contributed by atoms with van der Waals surface area (Å²) in [5.74, 6) is -2.25. The topological polar surface area (TPSA) is 119 Å². The zero-order valence-corrected chi connectivity index (χ0v) is 14.4. The molecule has 138 valence electrons. The highest BCUT2D eigenvalue weighted by atomic mass is 16.5. The Hall–Kier alpha value is -2.97. The van der Waals surface area contributed by atoms with Crippen LogP contribution in [0.4, 0.5) is 5.82 Å². The van der Waals surface area contributed by atoms with Gasteiger partial charge in [-0.05, 0) is 26.7 Å². The summed E-state index contributed by atoms with van der Waals surface area (Å²) in [5, 5.41) is 6.00. The summed E-state index contributed by atoms with van der Waals surface area (Å²) in [7, 11) is 0. The highest BCUT2D eigenvalue weighted by Crippen LogP contribution is 2.36. The first-order valence-electron chi connectivity index (χ1n) is 8.30. The van der Waals surface area contributed by atoms with Gasteiger partial charge in [-0.2, -0.15) is 0 Å². The Bertz CT molecular complexity index is 757. The maximum absolute atomic E-state index is 12.4. The third-order valence-electron chi connectivity index (χ3n) is 4.51. The van der Waals surface area contributed by atoms with Gasteiger partial charge in [0.1, 0.15) is 11.8 Å². The molecule has 0 radical (unpaired) electrons. The number of aryl methyl sites for hydroxylation is 1. The molecule has 0 unspecified atom stereocenters. The lowest BCUT2D eigenvalue weighted by Crippen LogP contribution is -2.45. The lowest BCUT2D eigenvalue weighted by Gasteiger charge is -2.21. The monoisotopic (exact) mass is 361 g/mol. The molecule has 1 aliphatic carbocycles. The second kappa shape index (κ2) is 7.11. The third-order valence-corrected chi connectivity index (χ3v) is 4.51. The number of anilines is 1. The summed E-state index contributed by atoms with van der Waals surface area (Å²) in [5.41, 5.74) is 0. The van der Waals surface area contributed by atoms with Crippen molar-refractivity contribution in [2.45, 2.75) is 32.7 Å². The van der Waals surface area contributed by atoms with Crippen LogP contribution in [0.1, 0.15) is 25.5 Å². The van der Waals surface area contributed by atoms with Gasteiger partial charge in [-0.1, -0.05) is 17.3 Å². The summed E-state index contributed by atoms with van der Waals surface area (Å²) in [6.07, 6.45) is 4.73. The maximum atomic E-state index is 12.4. The van der Waals surface area contributed by atoms with Crippen LogP contribution in [0, 0.1) is 18.8 Å². The fourth-order valence-corrected chi connectivity index (χ4v) is 3.17. The van der Waals surface area contributed by atoms with Crippen molar-refractivity contribution in [3.05, 3.63) is 24.0 Å². The summed E-state index contributed by atoms with van der Waals surface area (Å²) in [6.45, 7) is 2.53. The number of amides is 3. The van der Waals surface area contributed by atoms with Crippen molar-refractivity contribution in [1.82, 2.24) is 10.1 Å². The number of esters is 1. The minimum atomic E-state index is -1.08. The Morgan fingerprint density at radius 2 is 1.92 bits per heavy atom. The predicted octanol–water partition coefficient (Wildman–Crippen LogP) is 0.804. The average molecular weight is 361 g/mol. The minimum Gasteiger partial charge on any atom is -0.454 e. The first kappa shape index (κ1) is 17.8. The van der Waals surface area contributed by atoms with Crippen molar-refractivity contribution >= 4 is 29.5 Å². The quantitative estimate of drug-likeness (QED) is 0.468. The molecule has 1 fully saturated rings. The molecule has 2 heterocycles. The Kier molecular flexibility index (Phi) is 4.88. The molecule has 26 heavy (non-hydrogen) atoms. The van der Waals surface area contributed by atoms with Crippen LogP contribution in [0.5, 0.6) is 0 Å². The molecule has 1 aromatic rings. The van der Waals surface area contributed by atoms with E-state index in [0.717, 1.165) is 4.90 Å². The molecule has 9 nitrogen and oxygen atoms in total. The van der Waals surface area contributed by atoms with Crippen molar-refractivity contribution in [1.29, 1.82) is 0 Å². The molecule has 3 amide bonds. The zero-order chi connectivity index (χ0) is 18.8. The molecule has 3 rings (SSSR count).